The van der Waals surface area contributed by atoms with Crippen molar-refractivity contribution in [3.05, 3.63) is 35.1 Å². The van der Waals surface area contributed by atoms with Gasteiger partial charge in [-0.1, -0.05) is 0 Å². The van der Waals surface area contributed by atoms with E-state index in [-0.39, 0.29) is 5.56 Å². The Labute approximate surface area is 77.7 Å². The van der Waals surface area contributed by atoms with Gasteiger partial charge < -0.3 is 0 Å². The van der Waals surface area contributed by atoms with Crippen LogP contribution in [-0.4, -0.2) is 5.91 Å². The Morgan fingerprint density at radius 3 is 2.36 bits per heavy atom. The summed E-state index contributed by atoms with van der Waals surface area (Å²) in [5.41, 5.74) is 1.51. The third-order valence-electron chi connectivity index (χ3n) is 1.60. The molecule has 0 aliphatic rings. The molecule has 3 nitrogen and oxygen atoms in total. The van der Waals surface area contributed by atoms with E-state index in [0.29, 0.717) is 12.1 Å². The molecule has 1 aromatic carbocycles. The summed E-state index contributed by atoms with van der Waals surface area (Å²) in [6.45, 7) is 0. The monoisotopic (exact) mass is 204 g/mol. The number of halogens is 3. The van der Waals surface area contributed by atoms with Gasteiger partial charge in [0.05, 0.1) is 6.42 Å². The fourth-order valence-corrected chi connectivity index (χ4v) is 0.923. The van der Waals surface area contributed by atoms with E-state index >= 15 is 0 Å². The Kier molecular flexibility index (Phi) is 3.08. The molecule has 14 heavy (non-hydrogen) atoms. The van der Waals surface area contributed by atoms with Gasteiger partial charge >= 0.3 is 0 Å². The summed E-state index contributed by atoms with van der Waals surface area (Å²) in [6.07, 6.45) is -0.431. The maximum atomic E-state index is 12.9. The summed E-state index contributed by atoms with van der Waals surface area (Å²) in [5, 5.41) is 0. The molecule has 0 aliphatic carbocycles. The van der Waals surface area contributed by atoms with Gasteiger partial charge in [0.15, 0.2) is 11.6 Å². The van der Waals surface area contributed by atoms with Crippen LogP contribution < -0.4 is 11.3 Å². The van der Waals surface area contributed by atoms with E-state index in [4.69, 9.17) is 5.84 Å². The molecule has 3 N–H and O–H groups in total. The number of amides is 1. The first-order chi connectivity index (χ1) is 6.54. The predicted molar refractivity (Wildman–Crippen MR) is 42.4 cm³/mol. The summed E-state index contributed by atoms with van der Waals surface area (Å²) >= 11 is 0. The van der Waals surface area contributed by atoms with Crippen molar-refractivity contribution in [3.63, 3.8) is 0 Å². The quantitative estimate of drug-likeness (QED) is 0.321. The fraction of sp³-hybridized carbons (Fsp3) is 0.125. The smallest absolute Gasteiger partial charge is 0.238 e. The Morgan fingerprint density at radius 1 is 1.21 bits per heavy atom. The standard InChI is InChI=1S/C8H7F3N2O/c9-5-3-7(11)6(10)1-4(5)2-8(14)13-12/h1,3H,2,12H2,(H,13,14). The van der Waals surface area contributed by atoms with Crippen LogP contribution in [0.25, 0.3) is 0 Å². The number of rotatable bonds is 2. The van der Waals surface area contributed by atoms with E-state index in [1.807, 2.05) is 0 Å². The second-order valence-electron chi connectivity index (χ2n) is 2.60. The van der Waals surface area contributed by atoms with Crippen LogP contribution >= 0.6 is 0 Å². The average molecular weight is 204 g/mol. The van der Waals surface area contributed by atoms with E-state index in [0.717, 1.165) is 0 Å². The van der Waals surface area contributed by atoms with Crippen molar-refractivity contribution in [2.75, 3.05) is 0 Å². The van der Waals surface area contributed by atoms with Gasteiger partial charge in [-0.15, -0.1) is 0 Å². The molecule has 0 fully saturated rings. The zero-order valence-corrected chi connectivity index (χ0v) is 6.98. The van der Waals surface area contributed by atoms with Gasteiger partial charge in [-0.25, -0.2) is 19.0 Å². The van der Waals surface area contributed by atoms with E-state index in [2.05, 4.69) is 0 Å². The maximum Gasteiger partial charge on any atom is 0.238 e. The molecular weight excluding hydrogens is 197 g/mol. The van der Waals surface area contributed by atoms with Crippen LogP contribution in [0.15, 0.2) is 12.1 Å². The summed E-state index contributed by atoms with van der Waals surface area (Å²) in [4.78, 5) is 10.7. The van der Waals surface area contributed by atoms with Crippen LogP contribution in [0.5, 0.6) is 0 Å². The van der Waals surface area contributed by atoms with Gasteiger partial charge in [-0.3, -0.25) is 10.2 Å². The largest absolute Gasteiger partial charge is 0.294 e. The van der Waals surface area contributed by atoms with Crippen molar-refractivity contribution in [2.24, 2.45) is 5.84 Å². The summed E-state index contributed by atoms with van der Waals surface area (Å²) in [5.74, 6) is 0.589. The first-order valence-corrected chi connectivity index (χ1v) is 3.67. The lowest BCUT2D eigenvalue weighted by Gasteiger charge is -2.02. The summed E-state index contributed by atoms with van der Waals surface area (Å²) in [7, 11) is 0. The van der Waals surface area contributed by atoms with Gasteiger partial charge in [0.1, 0.15) is 5.82 Å². The van der Waals surface area contributed by atoms with Crippen LogP contribution in [0.3, 0.4) is 0 Å². The normalized spacial score (nSPS) is 10.0. The molecule has 0 unspecified atom stereocenters. The van der Waals surface area contributed by atoms with Crippen LogP contribution in [0, 0.1) is 17.5 Å². The molecule has 1 aromatic rings. The molecule has 0 heterocycles. The molecule has 0 aromatic heterocycles. The number of nitrogens with one attached hydrogen (secondary N) is 1. The second-order valence-corrected chi connectivity index (χ2v) is 2.60. The van der Waals surface area contributed by atoms with Gasteiger partial charge in [0.25, 0.3) is 0 Å². The highest BCUT2D eigenvalue weighted by Gasteiger charge is 2.12. The van der Waals surface area contributed by atoms with Gasteiger partial charge in [-0.2, -0.15) is 0 Å². The summed E-state index contributed by atoms with van der Waals surface area (Å²) in [6, 6.07) is 1.01. The minimum absolute atomic E-state index is 0.244. The SMILES string of the molecule is NNC(=O)Cc1cc(F)c(F)cc1F. The van der Waals surface area contributed by atoms with Crippen molar-refractivity contribution in [3.8, 4) is 0 Å². The highest BCUT2D eigenvalue weighted by atomic mass is 19.2. The average Bonchev–Trinajstić information content (AvgIpc) is 2.14. The first kappa shape index (κ1) is 10.5. The number of hydrazine groups is 1. The van der Waals surface area contributed by atoms with E-state index in [1.54, 1.807) is 5.43 Å². The van der Waals surface area contributed by atoms with E-state index < -0.39 is 29.8 Å². The Morgan fingerprint density at radius 2 is 1.79 bits per heavy atom. The Balaban J connectivity index is 2.98. The lowest BCUT2D eigenvalue weighted by molar-refractivity contribution is -0.120. The lowest BCUT2D eigenvalue weighted by Crippen LogP contribution is -2.31. The van der Waals surface area contributed by atoms with Crippen LogP contribution in [0.4, 0.5) is 13.2 Å². The van der Waals surface area contributed by atoms with Crippen molar-refractivity contribution >= 4 is 5.91 Å². The van der Waals surface area contributed by atoms with Crippen molar-refractivity contribution < 1.29 is 18.0 Å². The molecule has 0 bridgehead atoms. The zero-order chi connectivity index (χ0) is 10.7. The number of carbonyl (C=O) groups excluding carboxylic acids is 1. The van der Waals surface area contributed by atoms with Crippen LogP contribution in [0.1, 0.15) is 5.56 Å². The molecular formula is C8H7F3N2O. The number of carbonyl (C=O) groups is 1. The molecule has 76 valence electrons. The number of nitrogens with two attached hydrogens (primary N) is 1. The lowest BCUT2D eigenvalue weighted by atomic mass is 10.1. The Hall–Kier alpha value is -1.56. The molecule has 6 heteroatoms. The van der Waals surface area contributed by atoms with Crippen molar-refractivity contribution in [1.82, 2.24) is 5.43 Å². The molecule has 0 saturated heterocycles. The zero-order valence-electron chi connectivity index (χ0n) is 6.98. The molecule has 1 amide bonds. The van der Waals surface area contributed by atoms with Crippen LogP contribution in [-0.2, 0) is 11.2 Å². The van der Waals surface area contributed by atoms with Gasteiger partial charge in [-0.05, 0) is 6.07 Å². The summed E-state index contributed by atoms with van der Waals surface area (Å²) < 4.78 is 37.9. The van der Waals surface area contributed by atoms with Crippen molar-refractivity contribution in [2.45, 2.75) is 6.42 Å². The molecule has 0 saturated carbocycles. The highest BCUT2D eigenvalue weighted by Crippen LogP contribution is 2.13. The van der Waals surface area contributed by atoms with Crippen LogP contribution in [0.2, 0.25) is 0 Å². The third-order valence-corrected chi connectivity index (χ3v) is 1.60. The highest BCUT2D eigenvalue weighted by molar-refractivity contribution is 5.77. The maximum absolute atomic E-state index is 12.9. The second kappa shape index (κ2) is 4.10. The van der Waals surface area contributed by atoms with Gasteiger partial charge in [0.2, 0.25) is 5.91 Å². The number of benzene rings is 1. The molecule has 0 atom stereocenters. The minimum atomic E-state index is -1.29. The Bertz CT molecular complexity index is 368. The molecule has 1 rings (SSSR count). The topological polar surface area (TPSA) is 55.1 Å². The number of hydrogen-bond donors (Lipinski definition) is 2. The predicted octanol–water partition coefficient (Wildman–Crippen LogP) is 0.636. The molecule has 0 radical (unpaired) electrons. The van der Waals surface area contributed by atoms with E-state index in [9.17, 15) is 18.0 Å². The first-order valence-electron chi connectivity index (χ1n) is 3.67. The number of hydrogen-bond acceptors (Lipinski definition) is 2. The molecule has 0 aliphatic heterocycles. The fourth-order valence-electron chi connectivity index (χ4n) is 0.923. The van der Waals surface area contributed by atoms with E-state index in [1.165, 1.54) is 0 Å². The molecule has 0 spiro atoms. The third kappa shape index (κ3) is 2.23. The minimum Gasteiger partial charge on any atom is -0.294 e. The van der Waals surface area contributed by atoms with Gasteiger partial charge in [0, 0.05) is 11.6 Å². The van der Waals surface area contributed by atoms with Crippen molar-refractivity contribution in [1.29, 1.82) is 0 Å².